The Labute approximate surface area is 177 Å². The zero-order valence-electron chi connectivity index (χ0n) is 17.0. The number of halogens is 1. The van der Waals surface area contributed by atoms with E-state index in [1.165, 1.54) is 4.90 Å². The fourth-order valence-corrected chi connectivity index (χ4v) is 3.55. The topological polar surface area (TPSA) is 56.2 Å². The van der Waals surface area contributed by atoms with Gasteiger partial charge in [-0.15, -0.1) is 0 Å². The van der Waals surface area contributed by atoms with E-state index in [-0.39, 0.29) is 0 Å². The molecule has 7 heteroatoms. The van der Waals surface area contributed by atoms with Crippen molar-refractivity contribution in [2.45, 2.75) is 6.54 Å². The second-order valence-electron chi connectivity index (χ2n) is 7.49. The molecule has 1 aliphatic heterocycles. The van der Waals surface area contributed by atoms with Crippen LogP contribution in [0.5, 0.6) is 5.75 Å². The van der Waals surface area contributed by atoms with Crippen LogP contribution in [-0.2, 0) is 6.54 Å². The Kier molecular flexibility index (Phi) is 7.36. The van der Waals surface area contributed by atoms with Crippen LogP contribution in [0.2, 0.25) is 5.02 Å². The zero-order chi connectivity index (χ0) is 20.8. The maximum absolute atomic E-state index is 11.2. The summed E-state index contributed by atoms with van der Waals surface area (Å²) < 4.78 is 6.14. The van der Waals surface area contributed by atoms with Crippen molar-refractivity contribution in [2.24, 2.45) is 0 Å². The van der Waals surface area contributed by atoms with Gasteiger partial charge < -0.3 is 19.6 Å². The van der Waals surface area contributed by atoms with Gasteiger partial charge in [-0.05, 0) is 43.4 Å². The Morgan fingerprint density at radius 2 is 1.79 bits per heavy atom. The number of rotatable bonds is 7. The number of carboxylic acid groups (broad SMARTS) is 1. The number of amides is 1. The first kappa shape index (κ1) is 21.4. The third kappa shape index (κ3) is 5.85. The number of likely N-dealkylation sites (N-methyl/N-ethyl adjacent to an activating group) is 1. The predicted octanol–water partition coefficient (Wildman–Crippen LogP) is 3.74. The van der Waals surface area contributed by atoms with Crippen molar-refractivity contribution in [3.63, 3.8) is 0 Å². The standard InChI is InChI=1S/C22H28ClN3O3/c1-24(2)14-15-29-21-5-3-4-19(17-6-8-18(23)9-7-17)20(21)16-25-10-12-26(13-11-25)22(27)28/h3-9H,10-16H2,1-2H3,(H,27,28). The predicted molar refractivity (Wildman–Crippen MR) is 116 cm³/mol. The van der Waals surface area contributed by atoms with Gasteiger partial charge in [-0.3, -0.25) is 4.90 Å². The molecule has 1 aliphatic rings. The van der Waals surface area contributed by atoms with Crippen LogP contribution in [-0.4, -0.2) is 79.3 Å². The van der Waals surface area contributed by atoms with Crippen LogP contribution < -0.4 is 4.74 Å². The molecule has 0 aliphatic carbocycles. The Hall–Kier alpha value is -2.28. The average Bonchev–Trinajstić information content (AvgIpc) is 2.70. The summed E-state index contributed by atoms with van der Waals surface area (Å²) in [6, 6.07) is 14.0. The van der Waals surface area contributed by atoms with Gasteiger partial charge in [-0.2, -0.15) is 0 Å². The van der Waals surface area contributed by atoms with E-state index in [4.69, 9.17) is 16.3 Å². The fourth-order valence-electron chi connectivity index (χ4n) is 3.42. The molecule has 2 aromatic rings. The van der Waals surface area contributed by atoms with Gasteiger partial charge in [0.05, 0.1) is 0 Å². The Morgan fingerprint density at radius 3 is 2.41 bits per heavy atom. The number of ether oxygens (including phenoxy) is 1. The SMILES string of the molecule is CN(C)CCOc1cccc(-c2ccc(Cl)cc2)c1CN1CCN(C(=O)O)CC1. The van der Waals surface area contributed by atoms with Crippen LogP contribution in [0.25, 0.3) is 11.1 Å². The summed E-state index contributed by atoms with van der Waals surface area (Å²) in [7, 11) is 4.05. The summed E-state index contributed by atoms with van der Waals surface area (Å²) >= 11 is 6.07. The van der Waals surface area contributed by atoms with Crippen molar-refractivity contribution in [1.29, 1.82) is 0 Å². The van der Waals surface area contributed by atoms with E-state index in [0.29, 0.717) is 44.4 Å². The summed E-state index contributed by atoms with van der Waals surface area (Å²) in [4.78, 5) is 17.0. The number of nitrogens with zero attached hydrogens (tertiary/aromatic N) is 3. The molecule has 2 aromatic carbocycles. The maximum Gasteiger partial charge on any atom is 0.407 e. The number of carbonyl (C=O) groups is 1. The van der Waals surface area contributed by atoms with Gasteiger partial charge in [-0.1, -0.05) is 35.9 Å². The lowest BCUT2D eigenvalue weighted by atomic mass is 9.98. The minimum Gasteiger partial charge on any atom is -0.492 e. The van der Waals surface area contributed by atoms with Crippen molar-refractivity contribution in [1.82, 2.24) is 14.7 Å². The van der Waals surface area contributed by atoms with Gasteiger partial charge in [0, 0.05) is 49.9 Å². The molecular formula is C22H28ClN3O3. The molecule has 0 radical (unpaired) electrons. The minimum absolute atomic E-state index is 0.523. The molecule has 29 heavy (non-hydrogen) atoms. The van der Waals surface area contributed by atoms with E-state index in [1.54, 1.807) is 0 Å². The molecule has 1 amide bonds. The normalized spacial score (nSPS) is 15.0. The molecule has 156 valence electrons. The highest BCUT2D eigenvalue weighted by molar-refractivity contribution is 6.30. The molecule has 1 fully saturated rings. The van der Waals surface area contributed by atoms with Crippen molar-refractivity contribution in [3.05, 3.63) is 53.1 Å². The van der Waals surface area contributed by atoms with Gasteiger partial charge in [-0.25, -0.2) is 4.79 Å². The minimum atomic E-state index is -0.848. The van der Waals surface area contributed by atoms with Gasteiger partial charge in [0.2, 0.25) is 0 Å². The molecule has 0 unspecified atom stereocenters. The van der Waals surface area contributed by atoms with Gasteiger partial charge in [0.25, 0.3) is 0 Å². The van der Waals surface area contributed by atoms with Crippen molar-refractivity contribution in [3.8, 4) is 16.9 Å². The second-order valence-corrected chi connectivity index (χ2v) is 7.92. The monoisotopic (exact) mass is 417 g/mol. The summed E-state index contributed by atoms with van der Waals surface area (Å²) in [6.07, 6.45) is -0.848. The van der Waals surface area contributed by atoms with Crippen LogP contribution in [0.15, 0.2) is 42.5 Å². The largest absolute Gasteiger partial charge is 0.492 e. The molecular weight excluding hydrogens is 390 g/mol. The molecule has 1 heterocycles. The Balaban J connectivity index is 1.84. The van der Waals surface area contributed by atoms with Crippen molar-refractivity contribution >= 4 is 17.7 Å². The first-order chi connectivity index (χ1) is 13.9. The molecule has 3 rings (SSSR count). The average molecular weight is 418 g/mol. The Morgan fingerprint density at radius 1 is 1.10 bits per heavy atom. The van der Waals surface area contributed by atoms with Crippen LogP contribution >= 0.6 is 11.6 Å². The van der Waals surface area contributed by atoms with E-state index in [9.17, 15) is 9.90 Å². The maximum atomic E-state index is 11.2. The lowest BCUT2D eigenvalue weighted by Gasteiger charge is -2.33. The highest BCUT2D eigenvalue weighted by Gasteiger charge is 2.22. The second kappa shape index (κ2) is 9.96. The first-order valence-corrected chi connectivity index (χ1v) is 10.2. The highest BCUT2D eigenvalue weighted by Crippen LogP contribution is 2.33. The first-order valence-electron chi connectivity index (χ1n) is 9.79. The molecule has 0 spiro atoms. The molecule has 1 saturated heterocycles. The lowest BCUT2D eigenvalue weighted by molar-refractivity contribution is 0.102. The summed E-state index contributed by atoms with van der Waals surface area (Å²) in [6.45, 7) is 4.61. The quantitative estimate of drug-likeness (QED) is 0.743. The van der Waals surface area contributed by atoms with Gasteiger partial charge in [0.15, 0.2) is 0 Å². The fraction of sp³-hybridized carbons (Fsp3) is 0.409. The van der Waals surface area contributed by atoms with E-state index >= 15 is 0 Å². The molecule has 0 saturated carbocycles. The Bertz CT molecular complexity index is 819. The molecule has 0 aromatic heterocycles. The zero-order valence-corrected chi connectivity index (χ0v) is 17.7. The third-order valence-corrected chi connectivity index (χ3v) is 5.36. The van der Waals surface area contributed by atoms with E-state index < -0.39 is 6.09 Å². The number of benzene rings is 2. The smallest absolute Gasteiger partial charge is 0.407 e. The number of piperazine rings is 1. The van der Waals surface area contributed by atoms with Crippen LogP contribution in [0.3, 0.4) is 0 Å². The lowest BCUT2D eigenvalue weighted by Crippen LogP contribution is -2.47. The third-order valence-electron chi connectivity index (χ3n) is 5.11. The van der Waals surface area contributed by atoms with Crippen molar-refractivity contribution < 1.29 is 14.6 Å². The summed E-state index contributed by atoms with van der Waals surface area (Å²) in [5.74, 6) is 0.875. The van der Waals surface area contributed by atoms with Gasteiger partial charge >= 0.3 is 6.09 Å². The number of hydrogen-bond acceptors (Lipinski definition) is 4. The summed E-state index contributed by atoms with van der Waals surface area (Å²) in [5, 5.41) is 9.90. The van der Waals surface area contributed by atoms with Crippen LogP contribution in [0.1, 0.15) is 5.56 Å². The van der Waals surface area contributed by atoms with Crippen molar-refractivity contribution in [2.75, 3.05) is 53.4 Å². The van der Waals surface area contributed by atoms with Crippen LogP contribution in [0.4, 0.5) is 4.79 Å². The van der Waals surface area contributed by atoms with E-state index in [1.807, 2.05) is 50.5 Å². The van der Waals surface area contributed by atoms with Crippen LogP contribution in [0, 0.1) is 0 Å². The highest BCUT2D eigenvalue weighted by atomic mass is 35.5. The van der Waals surface area contributed by atoms with E-state index in [0.717, 1.165) is 29.0 Å². The molecule has 6 nitrogen and oxygen atoms in total. The molecule has 1 N–H and O–H groups in total. The van der Waals surface area contributed by atoms with Gasteiger partial charge in [0.1, 0.15) is 12.4 Å². The molecule has 0 atom stereocenters. The van der Waals surface area contributed by atoms with E-state index in [2.05, 4.69) is 15.9 Å². The number of hydrogen-bond donors (Lipinski definition) is 1. The molecule has 0 bridgehead atoms. The summed E-state index contributed by atoms with van der Waals surface area (Å²) in [5.41, 5.74) is 3.33.